The average molecular weight is 168 g/mol. The third-order valence-electron chi connectivity index (χ3n) is 2.20. The molecule has 0 amide bonds. The van der Waals surface area contributed by atoms with Gasteiger partial charge in [0.1, 0.15) is 6.29 Å². The molecule has 0 fully saturated rings. The van der Waals surface area contributed by atoms with Crippen LogP contribution in [0.1, 0.15) is 40.0 Å². The summed E-state index contributed by atoms with van der Waals surface area (Å²) in [5.74, 6) is 0.192. The van der Waals surface area contributed by atoms with Gasteiger partial charge in [-0.2, -0.15) is 0 Å². The largest absolute Gasteiger partial charge is 0.303 e. The molecule has 12 heavy (non-hydrogen) atoms. The first kappa shape index (κ1) is 11.4. The number of carbonyl (C=O) groups is 1. The van der Waals surface area contributed by atoms with E-state index in [1.807, 2.05) is 6.08 Å². The molecule has 0 N–H and O–H groups in total. The van der Waals surface area contributed by atoms with Gasteiger partial charge < -0.3 is 4.79 Å². The van der Waals surface area contributed by atoms with Crippen LogP contribution < -0.4 is 0 Å². The van der Waals surface area contributed by atoms with Gasteiger partial charge >= 0.3 is 0 Å². The van der Waals surface area contributed by atoms with Gasteiger partial charge in [-0.3, -0.25) is 0 Å². The second kappa shape index (κ2) is 5.13. The first-order chi connectivity index (χ1) is 5.52. The Labute approximate surface area is 75.9 Å². The van der Waals surface area contributed by atoms with Crippen molar-refractivity contribution >= 4 is 6.29 Å². The molecule has 70 valence electrons. The van der Waals surface area contributed by atoms with Crippen LogP contribution in [0, 0.1) is 11.3 Å². The number of hydrogen-bond donors (Lipinski definition) is 0. The zero-order valence-electron chi connectivity index (χ0n) is 8.47. The molecule has 0 aromatic heterocycles. The van der Waals surface area contributed by atoms with Gasteiger partial charge in [0.15, 0.2) is 0 Å². The molecule has 0 bridgehead atoms. The molecule has 0 heterocycles. The predicted octanol–water partition coefficient (Wildman–Crippen LogP) is 3.20. The third-order valence-corrected chi connectivity index (χ3v) is 2.20. The molecule has 0 aliphatic carbocycles. The van der Waals surface area contributed by atoms with Crippen LogP contribution in [0.15, 0.2) is 12.7 Å². The van der Waals surface area contributed by atoms with Crippen molar-refractivity contribution in [2.45, 2.75) is 40.0 Å². The molecule has 1 atom stereocenters. The van der Waals surface area contributed by atoms with E-state index in [4.69, 9.17) is 0 Å². The second-order valence-corrected chi connectivity index (χ2v) is 4.33. The maximum Gasteiger partial charge on any atom is 0.123 e. The summed E-state index contributed by atoms with van der Waals surface area (Å²) in [4.78, 5) is 10.7. The van der Waals surface area contributed by atoms with E-state index in [1.54, 1.807) is 0 Å². The van der Waals surface area contributed by atoms with E-state index in [2.05, 4.69) is 27.4 Å². The van der Waals surface area contributed by atoms with Crippen LogP contribution in [0.3, 0.4) is 0 Å². The van der Waals surface area contributed by atoms with Crippen molar-refractivity contribution in [1.82, 2.24) is 0 Å². The summed E-state index contributed by atoms with van der Waals surface area (Å²) < 4.78 is 0. The van der Waals surface area contributed by atoms with Crippen LogP contribution in [0.4, 0.5) is 0 Å². The molecule has 0 rings (SSSR count). The normalized spacial score (nSPS) is 13.9. The fourth-order valence-electron chi connectivity index (χ4n) is 1.19. The highest BCUT2D eigenvalue weighted by molar-refractivity contribution is 5.54. The maximum atomic E-state index is 10.7. The molecular weight excluding hydrogens is 148 g/mol. The van der Waals surface area contributed by atoms with Gasteiger partial charge in [-0.1, -0.05) is 26.8 Å². The van der Waals surface area contributed by atoms with Gasteiger partial charge in [0, 0.05) is 5.92 Å². The van der Waals surface area contributed by atoms with Crippen LogP contribution in [0.2, 0.25) is 0 Å². The van der Waals surface area contributed by atoms with E-state index in [0.29, 0.717) is 0 Å². The van der Waals surface area contributed by atoms with Crippen molar-refractivity contribution in [2.24, 2.45) is 11.3 Å². The van der Waals surface area contributed by atoms with Crippen LogP contribution in [0.25, 0.3) is 0 Å². The summed E-state index contributed by atoms with van der Waals surface area (Å²) in [6.45, 7) is 9.99. The average Bonchev–Trinajstić information content (AvgIpc) is 1.95. The highest BCUT2D eigenvalue weighted by atomic mass is 16.1. The Hall–Kier alpha value is -0.590. The van der Waals surface area contributed by atoms with Crippen LogP contribution >= 0.6 is 0 Å². The van der Waals surface area contributed by atoms with Gasteiger partial charge in [0.25, 0.3) is 0 Å². The number of aldehydes is 1. The third kappa shape index (κ3) is 4.32. The molecule has 0 radical (unpaired) electrons. The van der Waals surface area contributed by atoms with Gasteiger partial charge in [0.2, 0.25) is 0 Å². The smallest absolute Gasteiger partial charge is 0.123 e. The van der Waals surface area contributed by atoms with E-state index in [9.17, 15) is 4.79 Å². The Morgan fingerprint density at radius 2 is 2.00 bits per heavy atom. The van der Waals surface area contributed by atoms with E-state index in [1.165, 1.54) is 0 Å². The molecule has 0 aromatic carbocycles. The molecule has 0 saturated heterocycles. The summed E-state index contributed by atoms with van der Waals surface area (Å²) in [5.41, 5.74) is 0.114. The number of unbranched alkanes of at least 4 members (excludes halogenated alkanes) is 1. The Balaban J connectivity index is 3.83. The molecule has 0 aliphatic heterocycles. The van der Waals surface area contributed by atoms with Crippen LogP contribution in [0.5, 0.6) is 0 Å². The summed E-state index contributed by atoms with van der Waals surface area (Å²) in [7, 11) is 0. The minimum absolute atomic E-state index is 0.114. The van der Waals surface area contributed by atoms with Gasteiger partial charge in [-0.25, -0.2) is 0 Å². The van der Waals surface area contributed by atoms with E-state index < -0.39 is 0 Å². The molecule has 0 spiro atoms. The minimum Gasteiger partial charge on any atom is -0.303 e. The fraction of sp³-hybridized carbons (Fsp3) is 0.727. The summed E-state index contributed by atoms with van der Waals surface area (Å²) >= 11 is 0. The Morgan fingerprint density at radius 3 is 2.33 bits per heavy atom. The number of carbonyl (C=O) groups excluding carboxylic acids is 1. The van der Waals surface area contributed by atoms with Crippen molar-refractivity contribution in [3.8, 4) is 0 Å². The standard InChI is InChI=1S/C11H20O/c1-5-6-7-8-10(9-12)11(2,3)4/h5,9-10H,1,6-8H2,2-4H3. The zero-order chi connectivity index (χ0) is 9.61. The van der Waals surface area contributed by atoms with Crippen LogP contribution in [-0.4, -0.2) is 6.29 Å². The fourth-order valence-corrected chi connectivity index (χ4v) is 1.19. The lowest BCUT2D eigenvalue weighted by Gasteiger charge is -2.25. The summed E-state index contributed by atoms with van der Waals surface area (Å²) in [6.07, 6.45) is 6.07. The molecule has 1 heteroatoms. The minimum atomic E-state index is 0.114. The van der Waals surface area contributed by atoms with Gasteiger partial charge in [-0.05, 0) is 24.7 Å². The van der Waals surface area contributed by atoms with E-state index in [-0.39, 0.29) is 11.3 Å². The Morgan fingerprint density at radius 1 is 1.42 bits per heavy atom. The first-order valence-corrected chi connectivity index (χ1v) is 4.58. The topological polar surface area (TPSA) is 17.1 Å². The molecule has 1 unspecified atom stereocenters. The molecule has 0 aliphatic rings. The highest BCUT2D eigenvalue weighted by Gasteiger charge is 2.22. The molecular formula is C11H20O. The Kier molecular flexibility index (Phi) is 4.87. The molecule has 1 nitrogen and oxygen atoms in total. The van der Waals surface area contributed by atoms with E-state index >= 15 is 0 Å². The lowest BCUT2D eigenvalue weighted by Crippen LogP contribution is -2.21. The number of rotatable bonds is 5. The lowest BCUT2D eigenvalue weighted by molar-refractivity contribution is -0.114. The quantitative estimate of drug-likeness (QED) is 0.350. The SMILES string of the molecule is C=CCCCC(C=O)C(C)(C)C. The van der Waals surface area contributed by atoms with Crippen molar-refractivity contribution in [3.63, 3.8) is 0 Å². The lowest BCUT2D eigenvalue weighted by atomic mass is 9.79. The van der Waals surface area contributed by atoms with Crippen molar-refractivity contribution in [1.29, 1.82) is 0 Å². The molecule has 0 saturated carbocycles. The molecule has 0 aromatic rings. The predicted molar refractivity (Wildman–Crippen MR) is 53.1 cm³/mol. The zero-order valence-corrected chi connectivity index (χ0v) is 8.47. The Bertz CT molecular complexity index is 142. The monoisotopic (exact) mass is 168 g/mol. The van der Waals surface area contributed by atoms with Crippen molar-refractivity contribution in [2.75, 3.05) is 0 Å². The second-order valence-electron chi connectivity index (χ2n) is 4.33. The summed E-state index contributed by atoms with van der Waals surface area (Å²) in [6, 6.07) is 0. The summed E-state index contributed by atoms with van der Waals surface area (Å²) in [5, 5.41) is 0. The highest BCUT2D eigenvalue weighted by Crippen LogP contribution is 2.28. The van der Waals surface area contributed by atoms with E-state index in [0.717, 1.165) is 25.5 Å². The number of allylic oxidation sites excluding steroid dienone is 1. The first-order valence-electron chi connectivity index (χ1n) is 4.58. The van der Waals surface area contributed by atoms with Crippen molar-refractivity contribution < 1.29 is 4.79 Å². The maximum absolute atomic E-state index is 10.7. The van der Waals surface area contributed by atoms with Crippen molar-refractivity contribution in [3.05, 3.63) is 12.7 Å². The number of hydrogen-bond acceptors (Lipinski definition) is 1. The van der Waals surface area contributed by atoms with Gasteiger partial charge in [-0.15, -0.1) is 6.58 Å². The van der Waals surface area contributed by atoms with Crippen LogP contribution in [-0.2, 0) is 4.79 Å². The van der Waals surface area contributed by atoms with Gasteiger partial charge in [0.05, 0.1) is 0 Å².